The molecule has 1 nitrogen and oxygen atoms in total. The summed E-state index contributed by atoms with van der Waals surface area (Å²) in [4.78, 5) is 0. The van der Waals surface area contributed by atoms with Gasteiger partial charge < -0.3 is 5.32 Å². The van der Waals surface area contributed by atoms with Crippen LogP contribution in [0.3, 0.4) is 0 Å². The second-order valence-corrected chi connectivity index (χ2v) is 6.90. The van der Waals surface area contributed by atoms with Crippen molar-refractivity contribution in [1.29, 1.82) is 0 Å². The number of thioether (sulfide) groups is 1. The summed E-state index contributed by atoms with van der Waals surface area (Å²) >= 11 is 2.12. The normalized spacial score (nSPS) is 34.1. The first-order valence-electron chi connectivity index (χ1n) is 5.91. The third-order valence-corrected chi connectivity index (χ3v) is 5.06. The summed E-state index contributed by atoms with van der Waals surface area (Å²) < 4.78 is 0. The van der Waals surface area contributed by atoms with Gasteiger partial charge in [0.1, 0.15) is 0 Å². The predicted molar refractivity (Wildman–Crippen MR) is 64.8 cm³/mol. The quantitative estimate of drug-likeness (QED) is 0.773. The van der Waals surface area contributed by atoms with Crippen molar-refractivity contribution in [1.82, 2.24) is 5.32 Å². The molecule has 1 saturated heterocycles. The second kappa shape index (κ2) is 4.05. The molecule has 2 atom stereocenters. The maximum Gasteiger partial charge on any atom is 0.0166 e. The highest BCUT2D eigenvalue weighted by atomic mass is 32.2. The highest BCUT2D eigenvalue weighted by Crippen LogP contribution is 2.36. The SMILES string of the molecule is CC(NC1CSCC(C)(C)C1)C1CC1. The second-order valence-electron chi connectivity index (χ2n) is 5.87. The Hall–Kier alpha value is 0.310. The Morgan fingerprint density at radius 3 is 2.64 bits per heavy atom. The van der Waals surface area contributed by atoms with E-state index >= 15 is 0 Å². The van der Waals surface area contributed by atoms with Crippen molar-refractivity contribution in [2.24, 2.45) is 11.3 Å². The largest absolute Gasteiger partial charge is 0.310 e. The van der Waals surface area contributed by atoms with Crippen molar-refractivity contribution in [2.45, 2.75) is 52.1 Å². The minimum atomic E-state index is 0.545. The van der Waals surface area contributed by atoms with E-state index in [1.807, 2.05) is 0 Å². The molecule has 2 rings (SSSR count). The summed E-state index contributed by atoms with van der Waals surface area (Å²) in [5.74, 6) is 3.65. The molecular weight excluding hydrogens is 190 g/mol. The molecule has 0 aromatic carbocycles. The van der Waals surface area contributed by atoms with Gasteiger partial charge >= 0.3 is 0 Å². The molecule has 2 aliphatic rings. The fraction of sp³-hybridized carbons (Fsp3) is 1.00. The van der Waals surface area contributed by atoms with Gasteiger partial charge in [0.05, 0.1) is 0 Å². The molecule has 0 spiro atoms. The van der Waals surface area contributed by atoms with Gasteiger partial charge in [-0.15, -0.1) is 0 Å². The summed E-state index contributed by atoms with van der Waals surface area (Å²) in [5.41, 5.74) is 0.545. The minimum absolute atomic E-state index is 0.545. The smallest absolute Gasteiger partial charge is 0.0166 e. The third kappa shape index (κ3) is 2.90. The van der Waals surface area contributed by atoms with Crippen molar-refractivity contribution >= 4 is 11.8 Å². The van der Waals surface area contributed by atoms with Crippen LogP contribution < -0.4 is 5.32 Å². The van der Waals surface area contributed by atoms with Crippen LogP contribution in [0.2, 0.25) is 0 Å². The average molecular weight is 213 g/mol. The van der Waals surface area contributed by atoms with Crippen molar-refractivity contribution < 1.29 is 0 Å². The Bertz CT molecular complexity index is 198. The van der Waals surface area contributed by atoms with E-state index in [0.29, 0.717) is 5.41 Å². The lowest BCUT2D eigenvalue weighted by molar-refractivity contribution is 0.297. The van der Waals surface area contributed by atoms with Gasteiger partial charge in [-0.05, 0) is 43.3 Å². The van der Waals surface area contributed by atoms with Crippen LogP contribution in [-0.4, -0.2) is 23.6 Å². The number of hydrogen-bond acceptors (Lipinski definition) is 2. The van der Waals surface area contributed by atoms with E-state index in [0.717, 1.165) is 18.0 Å². The van der Waals surface area contributed by atoms with Crippen LogP contribution in [0.15, 0.2) is 0 Å². The van der Waals surface area contributed by atoms with Gasteiger partial charge in [0, 0.05) is 17.8 Å². The van der Waals surface area contributed by atoms with Crippen LogP contribution in [-0.2, 0) is 0 Å². The molecule has 0 amide bonds. The topological polar surface area (TPSA) is 12.0 Å². The van der Waals surface area contributed by atoms with Crippen LogP contribution in [0, 0.1) is 11.3 Å². The Labute approximate surface area is 92.4 Å². The summed E-state index contributed by atoms with van der Waals surface area (Å²) in [7, 11) is 0. The van der Waals surface area contributed by atoms with Gasteiger partial charge in [0.25, 0.3) is 0 Å². The van der Waals surface area contributed by atoms with Crippen molar-refractivity contribution in [3.63, 3.8) is 0 Å². The van der Waals surface area contributed by atoms with Crippen molar-refractivity contribution in [3.8, 4) is 0 Å². The monoisotopic (exact) mass is 213 g/mol. The van der Waals surface area contributed by atoms with Gasteiger partial charge in [-0.1, -0.05) is 13.8 Å². The van der Waals surface area contributed by atoms with Gasteiger partial charge in [-0.3, -0.25) is 0 Å². The molecular formula is C12H23NS. The van der Waals surface area contributed by atoms with Crippen LogP contribution in [0.4, 0.5) is 0 Å². The number of rotatable bonds is 3. The van der Waals surface area contributed by atoms with E-state index in [-0.39, 0.29) is 0 Å². The first-order valence-corrected chi connectivity index (χ1v) is 7.06. The molecule has 1 N–H and O–H groups in total. The number of hydrogen-bond donors (Lipinski definition) is 1. The van der Waals surface area contributed by atoms with Crippen molar-refractivity contribution in [3.05, 3.63) is 0 Å². The Balaban J connectivity index is 1.79. The molecule has 1 aliphatic heterocycles. The standard InChI is InChI=1S/C12H23NS/c1-9(10-4-5-10)13-11-6-12(2,3)8-14-7-11/h9-11,13H,4-8H2,1-3H3. The van der Waals surface area contributed by atoms with Gasteiger partial charge in [0.15, 0.2) is 0 Å². The fourth-order valence-corrected chi connectivity index (χ4v) is 3.76. The van der Waals surface area contributed by atoms with E-state index in [1.54, 1.807) is 0 Å². The zero-order valence-corrected chi connectivity index (χ0v) is 10.5. The van der Waals surface area contributed by atoms with Crippen LogP contribution in [0.1, 0.15) is 40.0 Å². The van der Waals surface area contributed by atoms with E-state index in [9.17, 15) is 0 Å². The predicted octanol–water partition coefficient (Wildman–Crippen LogP) is 2.91. The molecule has 0 bridgehead atoms. The van der Waals surface area contributed by atoms with Gasteiger partial charge in [-0.25, -0.2) is 0 Å². The lowest BCUT2D eigenvalue weighted by atomic mass is 9.87. The van der Waals surface area contributed by atoms with E-state index in [2.05, 4.69) is 37.8 Å². The lowest BCUT2D eigenvalue weighted by Gasteiger charge is -2.36. The average Bonchev–Trinajstić information content (AvgIpc) is 2.83. The maximum absolute atomic E-state index is 3.82. The molecule has 2 heteroatoms. The molecule has 1 heterocycles. The Kier molecular flexibility index (Phi) is 3.13. The summed E-state index contributed by atoms with van der Waals surface area (Å²) in [6.45, 7) is 7.16. The third-order valence-electron chi connectivity index (χ3n) is 3.44. The molecule has 1 saturated carbocycles. The first kappa shape index (κ1) is 10.8. The fourth-order valence-electron chi connectivity index (χ4n) is 2.47. The zero-order valence-electron chi connectivity index (χ0n) is 9.68. The molecule has 2 fully saturated rings. The highest BCUT2D eigenvalue weighted by molar-refractivity contribution is 7.99. The summed E-state index contributed by atoms with van der Waals surface area (Å²) in [6, 6.07) is 1.52. The summed E-state index contributed by atoms with van der Waals surface area (Å²) in [6.07, 6.45) is 4.27. The molecule has 0 aromatic rings. The molecule has 1 aliphatic carbocycles. The van der Waals surface area contributed by atoms with Crippen LogP contribution >= 0.6 is 11.8 Å². The molecule has 0 radical (unpaired) electrons. The first-order chi connectivity index (χ1) is 6.57. The van der Waals surface area contributed by atoms with Gasteiger partial charge in [-0.2, -0.15) is 11.8 Å². The summed E-state index contributed by atoms with van der Waals surface area (Å²) in [5, 5.41) is 3.82. The molecule has 82 valence electrons. The molecule has 0 aromatic heterocycles. The van der Waals surface area contributed by atoms with Gasteiger partial charge in [0.2, 0.25) is 0 Å². The highest BCUT2D eigenvalue weighted by Gasteiger charge is 2.33. The number of nitrogens with one attached hydrogen (secondary N) is 1. The van der Waals surface area contributed by atoms with Crippen LogP contribution in [0.25, 0.3) is 0 Å². The Morgan fingerprint density at radius 2 is 2.07 bits per heavy atom. The zero-order chi connectivity index (χ0) is 10.2. The van der Waals surface area contributed by atoms with Crippen molar-refractivity contribution in [2.75, 3.05) is 11.5 Å². The molecule has 2 unspecified atom stereocenters. The maximum atomic E-state index is 3.82. The van der Waals surface area contributed by atoms with E-state index < -0.39 is 0 Å². The van der Waals surface area contributed by atoms with E-state index in [1.165, 1.54) is 30.8 Å². The lowest BCUT2D eigenvalue weighted by Crippen LogP contribution is -2.44. The Morgan fingerprint density at radius 1 is 1.36 bits per heavy atom. The van der Waals surface area contributed by atoms with Crippen LogP contribution in [0.5, 0.6) is 0 Å². The van der Waals surface area contributed by atoms with E-state index in [4.69, 9.17) is 0 Å². The molecule has 14 heavy (non-hydrogen) atoms. The minimum Gasteiger partial charge on any atom is -0.310 e.